The van der Waals surface area contributed by atoms with Gasteiger partial charge in [0.2, 0.25) is 0 Å². The molecule has 1 saturated heterocycles. The minimum Gasteiger partial charge on any atom is -0.393 e. The van der Waals surface area contributed by atoms with Crippen LogP contribution in [0.5, 0.6) is 0 Å². The predicted octanol–water partition coefficient (Wildman–Crippen LogP) is 3.28. The van der Waals surface area contributed by atoms with E-state index in [4.69, 9.17) is 0 Å². The first-order chi connectivity index (χ1) is 9.31. The summed E-state index contributed by atoms with van der Waals surface area (Å²) in [5.41, 5.74) is 0.259. The van der Waals surface area contributed by atoms with Crippen molar-refractivity contribution < 1.29 is 5.11 Å². The number of aliphatic hydroxyl groups excluding tert-OH is 1. The molecule has 1 saturated carbocycles. The molecule has 0 aromatic rings. The molecule has 0 aromatic heterocycles. The lowest BCUT2D eigenvalue weighted by Gasteiger charge is -2.51. The Morgan fingerprint density at radius 3 is 2.32 bits per heavy atom. The van der Waals surface area contributed by atoms with Gasteiger partial charge in [-0.3, -0.25) is 4.90 Å². The van der Waals surface area contributed by atoms with Crippen molar-refractivity contribution in [1.82, 2.24) is 4.90 Å². The highest BCUT2D eigenvalue weighted by molar-refractivity contribution is 5.23. The minimum atomic E-state index is -0.0669. The maximum atomic E-state index is 9.76. The van der Waals surface area contributed by atoms with Gasteiger partial charge < -0.3 is 5.11 Å². The van der Waals surface area contributed by atoms with Gasteiger partial charge in [-0.05, 0) is 38.0 Å². The maximum Gasteiger partial charge on any atom is 0.0564 e. The molecule has 2 nitrogen and oxygen atoms in total. The molecule has 106 valence electrons. The van der Waals surface area contributed by atoms with Crippen molar-refractivity contribution in [1.29, 1.82) is 0 Å². The van der Waals surface area contributed by atoms with Gasteiger partial charge in [-0.1, -0.05) is 43.6 Å². The molecule has 0 spiro atoms. The number of hydrogen-bond acceptors (Lipinski definition) is 2. The van der Waals surface area contributed by atoms with Crippen molar-refractivity contribution in [3.05, 3.63) is 24.3 Å². The van der Waals surface area contributed by atoms with Crippen molar-refractivity contribution in [3.63, 3.8) is 0 Å². The molecule has 1 heterocycles. The molecule has 0 aromatic carbocycles. The van der Waals surface area contributed by atoms with Crippen LogP contribution in [0.4, 0.5) is 0 Å². The molecule has 0 amide bonds. The largest absolute Gasteiger partial charge is 0.393 e. The van der Waals surface area contributed by atoms with Crippen LogP contribution >= 0.6 is 0 Å². The van der Waals surface area contributed by atoms with E-state index in [9.17, 15) is 5.11 Å². The third-order valence-corrected chi connectivity index (χ3v) is 5.44. The van der Waals surface area contributed by atoms with Gasteiger partial charge in [-0.2, -0.15) is 0 Å². The van der Waals surface area contributed by atoms with E-state index in [0.717, 1.165) is 31.8 Å². The molecule has 0 radical (unpaired) electrons. The van der Waals surface area contributed by atoms with Crippen molar-refractivity contribution in [3.8, 4) is 0 Å². The second-order valence-electron chi connectivity index (χ2n) is 6.54. The monoisotopic (exact) mass is 261 g/mol. The third-order valence-electron chi connectivity index (χ3n) is 5.44. The van der Waals surface area contributed by atoms with Gasteiger partial charge in [0.15, 0.2) is 0 Å². The van der Waals surface area contributed by atoms with Crippen LogP contribution in [0, 0.1) is 5.92 Å². The van der Waals surface area contributed by atoms with Crippen LogP contribution in [0.15, 0.2) is 24.3 Å². The lowest BCUT2D eigenvalue weighted by Crippen LogP contribution is -2.56. The normalized spacial score (nSPS) is 34.8. The average molecular weight is 261 g/mol. The standard InChI is InChI=1S/C17H27NO/c19-16-9-13-18(14-10-16)17(11-5-2-6-12-17)15-7-3-1-4-8-15/h2,5-6,11,15-16,19H,1,3-4,7-10,12-14H2. The van der Waals surface area contributed by atoms with Crippen molar-refractivity contribution >= 4 is 0 Å². The van der Waals surface area contributed by atoms with Crippen LogP contribution in [0.1, 0.15) is 51.4 Å². The first-order valence-corrected chi connectivity index (χ1v) is 8.09. The Morgan fingerprint density at radius 2 is 1.68 bits per heavy atom. The summed E-state index contributed by atoms with van der Waals surface area (Å²) in [5.74, 6) is 0.817. The highest BCUT2D eigenvalue weighted by atomic mass is 16.3. The zero-order valence-corrected chi connectivity index (χ0v) is 11.9. The molecule has 1 N–H and O–H groups in total. The second-order valence-corrected chi connectivity index (χ2v) is 6.54. The Labute approximate surface area is 117 Å². The fourth-order valence-corrected chi connectivity index (χ4v) is 4.31. The second kappa shape index (κ2) is 5.80. The molecule has 1 atom stereocenters. The molecular formula is C17H27NO. The van der Waals surface area contributed by atoms with E-state index in [0.29, 0.717) is 0 Å². The number of aliphatic hydroxyl groups is 1. The molecule has 2 heteroatoms. The van der Waals surface area contributed by atoms with Gasteiger partial charge in [-0.15, -0.1) is 0 Å². The van der Waals surface area contributed by atoms with E-state index in [1.165, 1.54) is 38.5 Å². The summed E-state index contributed by atoms with van der Waals surface area (Å²) >= 11 is 0. The summed E-state index contributed by atoms with van der Waals surface area (Å²) in [6.07, 6.45) is 19.3. The molecule has 0 bridgehead atoms. The lowest BCUT2D eigenvalue weighted by atomic mass is 9.70. The lowest BCUT2D eigenvalue weighted by molar-refractivity contribution is 0.000285. The number of allylic oxidation sites excluding steroid dienone is 2. The quantitative estimate of drug-likeness (QED) is 0.824. The van der Waals surface area contributed by atoms with Gasteiger partial charge in [0, 0.05) is 18.6 Å². The van der Waals surface area contributed by atoms with Crippen molar-refractivity contribution in [2.45, 2.75) is 63.0 Å². The summed E-state index contributed by atoms with van der Waals surface area (Å²) in [6.45, 7) is 2.13. The summed E-state index contributed by atoms with van der Waals surface area (Å²) in [7, 11) is 0. The highest BCUT2D eigenvalue weighted by Crippen LogP contribution is 2.42. The minimum absolute atomic E-state index is 0.0669. The van der Waals surface area contributed by atoms with Crippen molar-refractivity contribution in [2.75, 3.05) is 13.1 Å². The first kappa shape index (κ1) is 13.4. The summed E-state index contributed by atoms with van der Waals surface area (Å²) < 4.78 is 0. The van der Waals surface area contributed by atoms with Crippen LogP contribution < -0.4 is 0 Å². The summed E-state index contributed by atoms with van der Waals surface area (Å²) in [5, 5.41) is 9.76. The number of likely N-dealkylation sites (tertiary alicyclic amines) is 1. The Hall–Kier alpha value is -0.600. The number of nitrogens with zero attached hydrogens (tertiary/aromatic N) is 1. The van der Waals surface area contributed by atoms with Gasteiger partial charge >= 0.3 is 0 Å². The average Bonchev–Trinajstić information content (AvgIpc) is 2.49. The predicted molar refractivity (Wildman–Crippen MR) is 79.0 cm³/mol. The molecule has 2 aliphatic carbocycles. The Kier molecular flexibility index (Phi) is 4.09. The molecule has 2 fully saturated rings. The molecule has 3 rings (SSSR count). The fourth-order valence-electron chi connectivity index (χ4n) is 4.31. The van der Waals surface area contributed by atoms with E-state index in [2.05, 4.69) is 29.2 Å². The molecule has 19 heavy (non-hydrogen) atoms. The summed E-state index contributed by atoms with van der Waals surface area (Å²) in [6, 6.07) is 0. The van der Waals surface area contributed by atoms with Crippen LogP contribution in [-0.2, 0) is 0 Å². The number of rotatable bonds is 2. The molecule has 1 aliphatic heterocycles. The Balaban J connectivity index is 1.80. The number of piperidine rings is 1. The van der Waals surface area contributed by atoms with Gasteiger partial charge in [0.25, 0.3) is 0 Å². The van der Waals surface area contributed by atoms with Gasteiger partial charge in [0.05, 0.1) is 6.10 Å². The molecule has 1 unspecified atom stereocenters. The van der Waals surface area contributed by atoms with E-state index in [1.54, 1.807) is 0 Å². The number of hydrogen-bond donors (Lipinski definition) is 1. The van der Waals surface area contributed by atoms with E-state index in [1.807, 2.05) is 0 Å². The topological polar surface area (TPSA) is 23.5 Å². The maximum absolute atomic E-state index is 9.76. The van der Waals surface area contributed by atoms with Crippen LogP contribution in [-0.4, -0.2) is 34.7 Å². The SMILES string of the molecule is OC1CCN(C2(C3CCCCC3)C=CC=CC2)CC1. The Morgan fingerprint density at radius 1 is 0.947 bits per heavy atom. The van der Waals surface area contributed by atoms with E-state index >= 15 is 0 Å². The van der Waals surface area contributed by atoms with Crippen molar-refractivity contribution in [2.24, 2.45) is 5.92 Å². The van der Waals surface area contributed by atoms with E-state index < -0.39 is 0 Å². The Bertz CT molecular complexity index is 348. The van der Waals surface area contributed by atoms with Crippen LogP contribution in [0.3, 0.4) is 0 Å². The highest BCUT2D eigenvalue weighted by Gasteiger charge is 2.42. The zero-order chi connectivity index (χ0) is 13.1. The zero-order valence-electron chi connectivity index (χ0n) is 11.9. The molecule has 3 aliphatic rings. The molecular weight excluding hydrogens is 234 g/mol. The van der Waals surface area contributed by atoms with Crippen LogP contribution in [0.25, 0.3) is 0 Å². The van der Waals surface area contributed by atoms with E-state index in [-0.39, 0.29) is 11.6 Å². The summed E-state index contributed by atoms with van der Waals surface area (Å²) in [4.78, 5) is 2.68. The third kappa shape index (κ3) is 2.66. The van der Waals surface area contributed by atoms with Crippen LogP contribution in [0.2, 0.25) is 0 Å². The van der Waals surface area contributed by atoms with Gasteiger partial charge in [-0.25, -0.2) is 0 Å². The first-order valence-electron chi connectivity index (χ1n) is 8.09. The fraction of sp³-hybridized carbons (Fsp3) is 0.765. The smallest absolute Gasteiger partial charge is 0.0564 e. The van der Waals surface area contributed by atoms with Gasteiger partial charge in [0.1, 0.15) is 0 Å².